The van der Waals surface area contributed by atoms with Crippen LogP contribution in [0.25, 0.3) is 0 Å². The van der Waals surface area contributed by atoms with E-state index in [-0.39, 0.29) is 17.4 Å². The summed E-state index contributed by atoms with van der Waals surface area (Å²) in [5.41, 5.74) is 0. The van der Waals surface area contributed by atoms with Gasteiger partial charge in [-0.3, -0.25) is 4.79 Å². The molecular weight excluding hydrogens is 228 g/mol. The number of aliphatic carboxylic acids is 1. The van der Waals surface area contributed by atoms with Gasteiger partial charge in [0, 0.05) is 6.42 Å². The fraction of sp³-hybridized carbons (Fsp3) is 0.917. The zero-order valence-corrected chi connectivity index (χ0v) is 11.1. The molecule has 0 aromatic heterocycles. The number of carboxylic acids is 1. The van der Waals surface area contributed by atoms with Crippen molar-refractivity contribution in [2.75, 3.05) is 0 Å². The van der Waals surface area contributed by atoms with Gasteiger partial charge in [-0.1, -0.05) is 58.3 Å². The summed E-state index contributed by atoms with van der Waals surface area (Å²) in [6.45, 7) is 2.23. The van der Waals surface area contributed by atoms with E-state index in [9.17, 15) is 4.79 Å². The normalized spacial score (nSPS) is 9.67. The van der Waals surface area contributed by atoms with Crippen LogP contribution in [-0.2, 0) is 22.2 Å². The Labute approximate surface area is 105 Å². The van der Waals surface area contributed by atoms with Crippen LogP contribution in [0.5, 0.6) is 0 Å². The maximum atomic E-state index is 10.2. The van der Waals surface area contributed by atoms with Gasteiger partial charge in [-0.25, -0.2) is 0 Å². The van der Waals surface area contributed by atoms with Crippen molar-refractivity contribution < 1.29 is 27.3 Å². The maximum absolute atomic E-state index is 10.2. The van der Waals surface area contributed by atoms with Crippen LogP contribution in [-0.4, -0.2) is 11.1 Å². The molecule has 0 saturated carbocycles. The summed E-state index contributed by atoms with van der Waals surface area (Å²) in [5, 5.41) is 8.41. The molecule has 0 aliphatic rings. The smallest absolute Gasteiger partial charge is 0.481 e. The van der Waals surface area contributed by atoms with Crippen LogP contribution in [0.15, 0.2) is 0 Å². The van der Waals surface area contributed by atoms with Gasteiger partial charge < -0.3 is 5.11 Å². The van der Waals surface area contributed by atoms with E-state index < -0.39 is 5.97 Å². The third-order valence-electron chi connectivity index (χ3n) is 2.49. The topological polar surface area (TPSA) is 37.3 Å². The van der Waals surface area contributed by atoms with Crippen molar-refractivity contribution >= 4 is 5.97 Å². The molecule has 15 heavy (non-hydrogen) atoms. The summed E-state index contributed by atoms with van der Waals surface area (Å²) >= 11 is 0. The van der Waals surface area contributed by atoms with E-state index in [0.717, 1.165) is 12.8 Å². The summed E-state index contributed by atoms with van der Waals surface area (Å²) in [5.74, 6) is -0.659. The van der Waals surface area contributed by atoms with Crippen molar-refractivity contribution in [2.45, 2.75) is 71.1 Å². The summed E-state index contributed by atoms with van der Waals surface area (Å²) in [6, 6.07) is 0. The molecule has 0 atom stereocenters. The van der Waals surface area contributed by atoms with Crippen LogP contribution in [0.1, 0.15) is 71.1 Å². The van der Waals surface area contributed by atoms with Gasteiger partial charge in [0.05, 0.1) is 0 Å². The minimum Gasteiger partial charge on any atom is -0.481 e. The second kappa shape index (κ2) is 14.0. The predicted octanol–water partition coefficient (Wildman–Crippen LogP) is 3.99. The molecule has 0 spiro atoms. The van der Waals surface area contributed by atoms with Crippen molar-refractivity contribution in [3.8, 4) is 0 Å². The molecule has 3 heteroatoms. The summed E-state index contributed by atoms with van der Waals surface area (Å²) in [7, 11) is 0. The first-order valence-corrected chi connectivity index (χ1v) is 5.99. The molecule has 87 valence electrons. The largest absolute Gasteiger partial charge is 3.00 e. The van der Waals surface area contributed by atoms with Crippen LogP contribution >= 0.6 is 0 Å². The Kier molecular flexibility index (Phi) is 16.2. The van der Waals surface area contributed by atoms with Crippen LogP contribution in [0.4, 0.5) is 0 Å². The van der Waals surface area contributed by atoms with Crippen LogP contribution < -0.4 is 0 Å². The maximum Gasteiger partial charge on any atom is 3.00 e. The zero-order valence-electron chi connectivity index (χ0n) is 9.83. The van der Waals surface area contributed by atoms with Gasteiger partial charge in [-0.05, 0) is 6.42 Å². The molecule has 0 aliphatic carbocycles. The monoisotopic (exact) mass is 252 g/mol. The van der Waals surface area contributed by atoms with Crippen molar-refractivity contribution in [2.24, 2.45) is 0 Å². The quantitative estimate of drug-likeness (QED) is 0.597. The third kappa shape index (κ3) is 16.7. The molecule has 0 amide bonds. The summed E-state index contributed by atoms with van der Waals surface area (Å²) in [4.78, 5) is 10.2. The van der Waals surface area contributed by atoms with Crippen molar-refractivity contribution in [3.05, 3.63) is 0 Å². The summed E-state index contributed by atoms with van der Waals surface area (Å²) < 4.78 is 0. The summed E-state index contributed by atoms with van der Waals surface area (Å²) in [6.07, 6.45) is 11.5. The fourth-order valence-corrected chi connectivity index (χ4v) is 1.59. The second-order valence-corrected chi connectivity index (χ2v) is 3.97. The molecule has 0 aliphatic heterocycles. The SMILES string of the molecule is CCCCCCCCCCCC(=O)O.[Cr+3]. The number of hydrogen-bond donors (Lipinski definition) is 1. The average molecular weight is 252 g/mol. The van der Waals surface area contributed by atoms with Gasteiger partial charge in [-0.2, -0.15) is 0 Å². The first kappa shape index (κ1) is 17.4. The van der Waals surface area contributed by atoms with E-state index in [2.05, 4.69) is 6.92 Å². The molecular formula is C12H24CrO2+3. The van der Waals surface area contributed by atoms with Gasteiger partial charge in [0.1, 0.15) is 0 Å². The Morgan fingerprint density at radius 3 is 1.67 bits per heavy atom. The number of unbranched alkanes of at least 4 members (excludes halogenated alkanes) is 8. The number of carboxylic acid groups (broad SMARTS) is 1. The third-order valence-corrected chi connectivity index (χ3v) is 2.49. The fourth-order valence-electron chi connectivity index (χ4n) is 1.59. The first-order valence-electron chi connectivity index (χ1n) is 5.99. The number of carbonyl (C=O) groups is 1. The Bertz CT molecular complexity index is 138. The van der Waals surface area contributed by atoms with E-state index in [1.807, 2.05) is 0 Å². The van der Waals surface area contributed by atoms with Crippen molar-refractivity contribution in [3.63, 3.8) is 0 Å². The molecule has 0 bridgehead atoms. The van der Waals surface area contributed by atoms with Crippen molar-refractivity contribution in [1.82, 2.24) is 0 Å². The van der Waals surface area contributed by atoms with Crippen molar-refractivity contribution in [1.29, 1.82) is 0 Å². The van der Waals surface area contributed by atoms with E-state index in [0.29, 0.717) is 6.42 Å². The van der Waals surface area contributed by atoms with Gasteiger partial charge in [-0.15, -0.1) is 0 Å². The first-order chi connectivity index (χ1) is 6.77. The Balaban J connectivity index is 0. The molecule has 0 unspecified atom stereocenters. The van der Waals surface area contributed by atoms with Crippen LogP contribution in [0, 0.1) is 0 Å². The minimum atomic E-state index is -0.659. The Morgan fingerprint density at radius 2 is 1.27 bits per heavy atom. The molecule has 0 aromatic rings. The molecule has 1 radical (unpaired) electrons. The molecule has 0 heterocycles. The molecule has 0 aromatic carbocycles. The van der Waals surface area contributed by atoms with Crippen LogP contribution in [0.2, 0.25) is 0 Å². The van der Waals surface area contributed by atoms with E-state index >= 15 is 0 Å². The minimum absolute atomic E-state index is 0. The standard InChI is InChI=1S/C12H24O2.Cr/c1-2-3-4-5-6-7-8-9-10-11-12(13)14;/h2-11H2,1H3,(H,13,14);/q;+3. The van der Waals surface area contributed by atoms with Gasteiger partial charge in [0.2, 0.25) is 0 Å². The second-order valence-electron chi connectivity index (χ2n) is 3.97. The Hall–Kier alpha value is 0.00247. The van der Waals surface area contributed by atoms with Crippen LogP contribution in [0.3, 0.4) is 0 Å². The molecule has 2 nitrogen and oxygen atoms in total. The predicted molar refractivity (Wildman–Crippen MR) is 59.5 cm³/mol. The molecule has 0 rings (SSSR count). The number of hydrogen-bond acceptors (Lipinski definition) is 1. The van der Waals surface area contributed by atoms with Gasteiger partial charge >= 0.3 is 23.3 Å². The van der Waals surface area contributed by atoms with Gasteiger partial charge in [0.15, 0.2) is 0 Å². The van der Waals surface area contributed by atoms with E-state index in [1.54, 1.807) is 0 Å². The molecule has 0 fully saturated rings. The molecule has 0 saturated heterocycles. The zero-order chi connectivity index (χ0) is 10.6. The van der Waals surface area contributed by atoms with E-state index in [4.69, 9.17) is 5.11 Å². The van der Waals surface area contributed by atoms with E-state index in [1.165, 1.54) is 44.9 Å². The Morgan fingerprint density at radius 1 is 0.867 bits per heavy atom. The molecule has 1 N–H and O–H groups in total. The van der Waals surface area contributed by atoms with Gasteiger partial charge in [0.25, 0.3) is 0 Å². The number of rotatable bonds is 10. The average Bonchev–Trinajstić information content (AvgIpc) is 2.15.